The third-order valence-corrected chi connectivity index (χ3v) is 3.06. The highest BCUT2D eigenvalue weighted by Crippen LogP contribution is 2.36. The van der Waals surface area contributed by atoms with Crippen LogP contribution in [0.5, 0.6) is 11.5 Å². The summed E-state index contributed by atoms with van der Waals surface area (Å²) in [5.41, 5.74) is -1.62. The molecule has 0 bridgehead atoms. The van der Waals surface area contributed by atoms with Crippen LogP contribution < -0.4 is 9.47 Å². The Morgan fingerprint density at radius 1 is 0.750 bits per heavy atom. The van der Waals surface area contributed by atoms with Crippen LogP contribution in [0.1, 0.15) is 5.56 Å². The summed E-state index contributed by atoms with van der Waals surface area (Å²) >= 11 is 2.74. The number of halogens is 8. The van der Waals surface area contributed by atoms with E-state index in [9.17, 15) is 30.7 Å². The quantitative estimate of drug-likeness (QED) is 0.588. The Kier molecular flexibility index (Phi) is 4.97. The second-order valence-electron chi connectivity index (χ2n) is 4.38. The molecule has 130 valence electrons. The van der Waals surface area contributed by atoms with Crippen molar-refractivity contribution in [2.75, 3.05) is 0 Å². The summed E-state index contributed by atoms with van der Waals surface area (Å²) in [6.45, 7) is 0. The molecule has 0 unspecified atom stereocenters. The average Bonchev–Trinajstić information content (AvgIpc) is 2.37. The van der Waals surface area contributed by atoms with Crippen LogP contribution in [0.2, 0.25) is 0 Å². The van der Waals surface area contributed by atoms with Gasteiger partial charge in [-0.3, -0.25) is 0 Å². The highest BCUT2D eigenvalue weighted by molar-refractivity contribution is 9.10. The van der Waals surface area contributed by atoms with E-state index < -0.39 is 41.2 Å². The zero-order chi connectivity index (χ0) is 18.1. The molecular formula is C14H6BrF7O2. The minimum absolute atomic E-state index is 0.0919. The Bertz CT molecular complexity index is 706. The van der Waals surface area contributed by atoms with Gasteiger partial charge in [-0.2, -0.15) is 8.78 Å². The van der Waals surface area contributed by atoms with Crippen molar-refractivity contribution in [2.45, 2.75) is 12.5 Å². The predicted octanol–water partition coefficient (Wildman–Crippen LogP) is 5.75. The molecule has 0 amide bonds. The van der Waals surface area contributed by atoms with E-state index in [0.29, 0.717) is 24.3 Å². The molecule has 2 aromatic carbocycles. The van der Waals surface area contributed by atoms with Gasteiger partial charge in [-0.05, 0) is 36.4 Å². The van der Waals surface area contributed by atoms with E-state index in [0.717, 1.165) is 12.1 Å². The van der Waals surface area contributed by atoms with Crippen LogP contribution in [0.25, 0.3) is 0 Å². The Hall–Kier alpha value is -1.97. The van der Waals surface area contributed by atoms with Crippen molar-refractivity contribution in [3.63, 3.8) is 0 Å². The van der Waals surface area contributed by atoms with Gasteiger partial charge in [0, 0.05) is 4.47 Å². The third-order valence-electron chi connectivity index (χ3n) is 2.60. The fraction of sp³-hybridized carbons (Fsp3) is 0.143. The molecule has 0 atom stereocenters. The number of hydrogen-bond acceptors (Lipinski definition) is 2. The molecule has 0 saturated carbocycles. The monoisotopic (exact) mass is 418 g/mol. The van der Waals surface area contributed by atoms with Gasteiger partial charge in [0.1, 0.15) is 28.7 Å². The molecular weight excluding hydrogens is 413 g/mol. The summed E-state index contributed by atoms with van der Waals surface area (Å²) < 4.78 is 98.7. The summed E-state index contributed by atoms with van der Waals surface area (Å²) in [5, 5.41) is 0. The van der Waals surface area contributed by atoms with E-state index in [1.54, 1.807) is 0 Å². The topological polar surface area (TPSA) is 18.5 Å². The lowest BCUT2D eigenvalue weighted by molar-refractivity contribution is -0.274. The van der Waals surface area contributed by atoms with Crippen LogP contribution >= 0.6 is 15.9 Å². The van der Waals surface area contributed by atoms with Gasteiger partial charge in [0.05, 0.1) is 0 Å². The zero-order valence-electron chi connectivity index (χ0n) is 11.3. The summed E-state index contributed by atoms with van der Waals surface area (Å²) in [4.78, 5) is 0. The first-order chi connectivity index (χ1) is 11.0. The average molecular weight is 419 g/mol. The van der Waals surface area contributed by atoms with Gasteiger partial charge in [-0.25, -0.2) is 8.78 Å². The van der Waals surface area contributed by atoms with Gasteiger partial charge in [0.25, 0.3) is 0 Å². The zero-order valence-corrected chi connectivity index (χ0v) is 12.9. The molecule has 0 spiro atoms. The van der Waals surface area contributed by atoms with Gasteiger partial charge < -0.3 is 9.47 Å². The van der Waals surface area contributed by atoms with E-state index >= 15 is 0 Å². The number of benzene rings is 2. The number of hydrogen-bond donors (Lipinski definition) is 0. The van der Waals surface area contributed by atoms with Crippen molar-refractivity contribution in [3.8, 4) is 11.5 Å². The second-order valence-corrected chi connectivity index (χ2v) is 5.30. The Balaban J connectivity index is 2.23. The largest absolute Gasteiger partial charge is 0.573 e. The molecule has 0 aliphatic heterocycles. The van der Waals surface area contributed by atoms with E-state index in [2.05, 4.69) is 25.4 Å². The highest BCUT2D eigenvalue weighted by Gasteiger charge is 2.41. The molecule has 0 aliphatic carbocycles. The number of rotatable bonds is 4. The molecule has 0 fully saturated rings. The number of ether oxygens (including phenoxy) is 2. The van der Waals surface area contributed by atoms with Crippen molar-refractivity contribution in [3.05, 3.63) is 58.1 Å². The van der Waals surface area contributed by atoms with Crippen LogP contribution in [0, 0.1) is 11.6 Å². The van der Waals surface area contributed by atoms with Crippen LogP contribution in [0.15, 0.2) is 40.9 Å². The van der Waals surface area contributed by atoms with Crippen molar-refractivity contribution >= 4 is 15.9 Å². The Morgan fingerprint density at radius 2 is 1.17 bits per heavy atom. The predicted molar refractivity (Wildman–Crippen MR) is 71.7 cm³/mol. The second kappa shape index (κ2) is 6.50. The van der Waals surface area contributed by atoms with Gasteiger partial charge in [0.15, 0.2) is 0 Å². The van der Waals surface area contributed by atoms with E-state index in [1.807, 2.05) is 0 Å². The first-order valence-electron chi connectivity index (χ1n) is 6.05. The fourth-order valence-electron chi connectivity index (χ4n) is 1.73. The van der Waals surface area contributed by atoms with E-state index in [4.69, 9.17) is 0 Å². The first kappa shape index (κ1) is 18.4. The smallest absolute Gasteiger partial charge is 0.429 e. The Labute approximate surface area is 138 Å². The van der Waals surface area contributed by atoms with Gasteiger partial charge >= 0.3 is 12.5 Å². The summed E-state index contributed by atoms with van der Waals surface area (Å²) in [6, 6.07) is 4.15. The molecule has 0 heterocycles. The molecule has 0 N–H and O–H groups in total. The van der Waals surface area contributed by atoms with Crippen molar-refractivity contribution in [1.29, 1.82) is 0 Å². The fourth-order valence-corrected chi connectivity index (χ4v) is 2.13. The van der Waals surface area contributed by atoms with Gasteiger partial charge in [0.2, 0.25) is 0 Å². The minimum Gasteiger partial charge on any atom is -0.429 e. The normalized spacial score (nSPS) is 12.2. The molecule has 0 aromatic heterocycles. The van der Waals surface area contributed by atoms with Crippen LogP contribution in [0.4, 0.5) is 30.7 Å². The summed E-state index contributed by atoms with van der Waals surface area (Å²) in [6.07, 6.45) is -9.34. The van der Waals surface area contributed by atoms with Crippen molar-refractivity contribution in [1.82, 2.24) is 0 Å². The van der Waals surface area contributed by atoms with Crippen LogP contribution in [-0.2, 0) is 6.11 Å². The van der Waals surface area contributed by atoms with Gasteiger partial charge in [-0.1, -0.05) is 15.9 Å². The maximum atomic E-state index is 13.9. The van der Waals surface area contributed by atoms with Crippen LogP contribution in [-0.4, -0.2) is 6.36 Å². The lowest BCUT2D eigenvalue weighted by Crippen LogP contribution is -2.25. The maximum absolute atomic E-state index is 13.9. The SMILES string of the molecule is Fc1cc(Br)cc(F)c1C(F)(F)Oc1ccc(OC(F)(F)F)cc1. The van der Waals surface area contributed by atoms with E-state index in [-0.39, 0.29) is 4.47 Å². The first-order valence-corrected chi connectivity index (χ1v) is 6.85. The standard InChI is InChI=1S/C14H6BrF7O2/c15-7-5-10(16)12(11(17)6-7)13(18,19)23-8-1-3-9(4-2-8)24-14(20,21)22/h1-6H. The molecule has 2 rings (SSSR count). The lowest BCUT2D eigenvalue weighted by Gasteiger charge is -2.19. The van der Waals surface area contributed by atoms with Crippen molar-refractivity contribution in [2.24, 2.45) is 0 Å². The summed E-state index contributed by atoms with van der Waals surface area (Å²) in [5.74, 6) is -4.39. The minimum atomic E-state index is -4.95. The molecule has 0 radical (unpaired) electrons. The molecule has 24 heavy (non-hydrogen) atoms. The lowest BCUT2D eigenvalue weighted by atomic mass is 10.2. The molecule has 2 aromatic rings. The maximum Gasteiger partial charge on any atom is 0.573 e. The van der Waals surface area contributed by atoms with Gasteiger partial charge in [-0.15, -0.1) is 13.2 Å². The summed E-state index contributed by atoms with van der Waals surface area (Å²) in [7, 11) is 0. The molecule has 0 saturated heterocycles. The Morgan fingerprint density at radius 3 is 1.58 bits per heavy atom. The van der Waals surface area contributed by atoms with Crippen molar-refractivity contribution < 1.29 is 40.2 Å². The van der Waals surface area contributed by atoms with Crippen LogP contribution in [0.3, 0.4) is 0 Å². The number of alkyl halides is 5. The molecule has 0 aliphatic rings. The van der Waals surface area contributed by atoms with E-state index in [1.165, 1.54) is 0 Å². The third kappa shape index (κ3) is 4.53. The molecule has 10 heteroatoms. The molecule has 2 nitrogen and oxygen atoms in total. The highest BCUT2D eigenvalue weighted by atomic mass is 79.9.